The van der Waals surface area contributed by atoms with Gasteiger partial charge in [0, 0.05) is 29.6 Å². The van der Waals surface area contributed by atoms with Crippen LogP contribution >= 0.6 is 0 Å². The van der Waals surface area contributed by atoms with Gasteiger partial charge in [0.15, 0.2) is 6.04 Å². The van der Waals surface area contributed by atoms with E-state index in [1.807, 2.05) is 13.0 Å². The van der Waals surface area contributed by atoms with E-state index in [9.17, 15) is 9.59 Å². The van der Waals surface area contributed by atoms with Crippen LogP contribution in [0.5, 0.6) is 11.5 Å². The Balaban J connectivity index is 2.26. The molecule has 7 heteroatoms. The second-order valence-electron chi connectivity index (χ2n) is 7.62. The van der Waals surface area contributed by atoms with Gasteiger partial charge in [-0.3, -0.25) is 0 Å². The second kappa shape index (κ2) is 7.73. The van der Waals surface area contributed by atoms with E-state index in [2.05, 4.69) is 25.2 Å². The number of urea groups is 1. The lowest BCUT2D eigenvalue weighted by Crippen LogP contribution is -2.48. The molecule has 0 bridgehead atoms. The summed E-state index contributed by atoms with van der Waals surface area (Å²) in [7, 11) is 1.55. The molecule has 1 aromatic rings. The molecule has 0 spiro atoms. The molecule has 0 saturated heterocycles. The third kappa shape index (κ3) is 3.53. The largest absolute Gasteiger partial charge is 0.496 e. The van der Waals surface area contributed by atoms with Crippen LogP contribution in [0.4, 0.5) is 4.79 Å². The van der Waals surface area contributed by atoms with Crippen LogP contribution in [0.2, 0.25) is 0 Å². The van der Waals surface area contributed by atoms with Crippen molar-refractivity contribution < 1.29 is 23.8 Å². The van der Waals surface area contributed by atoms with Gasteiger partial charge in [-0.1, -0.05) is 19.9 Å². The Bertz CT molecular complexity index is 815. The fraction of sp³-hybridized carbons (Fsp3) is 0.524. The van der Waals surface area contributed by atoms with Gasteiger partial charge in [-0.05, 0) is 31.6 Å². The van der Waals surface area contributed by atoms with E-state index in [1.54, 1.807) is 20.1 Å². The highest BCUT2D eigenvalue weighted by Gasteiger charge is 2.43. The topological polar surface area (TPSA) is 77.1 Å². The maximum atomic E-state index is 12.9. The molecule has 3 rings (SSSR count). The molecule has 28 heavy (non-hydrogen) atoms. The molecule has 2 aliphatic heterocycles. The molecule has 0 aliphatic carbocycles. The van der Waals surface area contributed by atoms with Crippen molar-refractivity contribution in [3.05, 3.63) is 29.3 Å². The van der Waals surface area contributed by atoms with Gasteiger partial charge in [-0.25, -0.2) is 9.59 Å². The first-order chi connectivity index (χ1) is 13.3. The molecule has 2 heterocycles. The summed E-state index contributed by atoms with van der Waals surface area (Å²) in [6.45, 7) is 9.22. The second-order valence-corrected chi connectivity index (χ2v) is 7.62. The number of rotatable bonds is 4. The Morgan fingerprint density at radius 2 is 2.07 bits per heavy atom. The number of nitrogens with zero attached hydrogens (tertiary/aromatic N) is 1. The average Bonchev–Trinajstić information content (AvgIpc) is 2.78. The van der Waals surface area contributed by atoms with Crippen molar-refractivity contribution >= 4 is 17.6 Å². The lowest BCUT2D eigenvalue weighted by atomic mass is 9.84. The smallest absolute Gasteiger partial charge is 0.333 e. The van der Waals surface area contributed by atoms with Crippen molar-refractivity contribution in [1.82, 2.24) is 10.2 Å². The van der Waals surface area contributed by atoms with Gasteiger partial charge in [0.2, 0.25) is 0 Å². The quantitative estimate of drug-likeness (QED) is 0.802. The van der Waals surface area contributed by atoms with Crippen molar-refractivity contribution in [1.29, 1.82) is 0 Å². The fourth-order valence-electron chi connectivity index (χ4n) is 3.79. The van der Waals surface area contributed by atoms with Gasteiger partial charge in [0.05, 0.1) is 20.3 Å². The van der Waals surface area contributed by atoms with Crippen LogP contribution in [-0.2, 0) is 9.53 Å². The number of nitrogens with one attached hydrogen (secondary N) is 1. The monoisotopic (exact) mass is 388 g/mol. The standard InChI is InChI=1S/C21H28N2O5/c1-6-22-20(25)23-11-13-10-21(3,4)12-28-15-9-8-14(26-5)17(16(13)15)18(23)19(24)27-7-2/h8-10,18H,6-7,11-12H2,1-5H3,(H,22,25). The van der Waals surface area contributed by atoms with Crippen molar-refractivity contribution in [2.24, 2.45) is 5.41 Å². The number of carbonyl (C=O) groups is 2. The highest BCUT2D eigenvalue weighted by Crippen LogP contribution is 2.48. The molecule has 0 fully saturated rings. The van der Waals surface area contributed by atoms with Crippen LogP contribution in [0.1, 0.15) is 44.9 Å². The molecular formula is C21H28N2O5. The predicted octanol–water partition coefficient (Wildman–Crippen LogP) is 3.15. The highest BCUT2D eigenvalue weighted by atomic mass is 16.5. The molecule has 1 aromatic carbocycles. The average molecular weight is 388 g/mol. The molecule has 152 valence electrons. The summed E-state index contributed by atoms with van der Waals surface area (Å²) in [5.41, 5.74) is 2.16. The van der Waals surface area contributed by atoms with Gasteiger partial charge in [-0.2, -0.15) is 0 Å². The molecule has 2 aliphatic rings. The lowest BCUT2D eigenvalue weighted by Gasteiger charge is -2.38. The molecule has 1 atom stereocenters. The van der Waals surface area contributed by atoms with Gasteiger partial charge in [0.25, 0.3) is 0 Å². The minimum atomic E-state index is -0.904. The van der Waals surface area contributed by atoms with Gasteiger partial charge < -0.3 is 24.4 Å². The SMILES string of the molecule is CCNC(=O)N1CC2=CC(C)(C)COc3ccc(OC)c(c32)C1C(=O)OCC. The predicted molar refractivity (Wildman–Crippen MR) is 105 cm³/mol. The molecule has 0 saturated carbocycles. The minimum Gasteiger partial charge on any atom is -0.496 e. The van der Waals surface area contributed by atoms with Crippen molar-refractivity contribution in [3.8, 4) is 11.5 Å². The normalized spacial score (nSPS) is 19.5. The summed E-state index contributed by atoms with van der Waals surface area (Å²) in [6.07, 6.45) is 2.12. The zero-order valence-corrected chi connectivity index (χ0v) is 17.1. The molecule has 1 unspecified atom stereocenters. The Hall–Kier alpha value is -2.70. The van der Waals surface area contributed by atoms with E-state index in [0.717, 1.165) is 11.1 Å². The first-order valence-corrected chi connectivity index (χ1v) is 9.59. The van der Waals surface area contributed by atoms with Crippen molar-refractivity contribution in [2.75, 3.05) is 33.4 Å². The van der Waals surface area contributed by atoms with Gasteiger partial charge in [-0.15, -0.1) is 0 Å². The number of esters is 1. The lowest BCUT2D eigenvalue weighted by molar-refractivity contribution is -0.148. The number of carbonyl (C=O) groups excluding carboxylic acids is 2. The fourth-order valence-corrected chi connectivity index (χ4v) is 3.79. The van der Waals surface area contributed by atoms with Crippen molar-refractivity contribution in [2.45, 2.75) is 33.7 Å². The zero-order valence-electron chi connectivity index (χ0n) is 17.1. The maximum Gasteiger partial charge on any atom is 0.333 e. The number of hydrogen-bond acceptors (Lipinski definition) is 5. The van der Waals surface area contributed by atoms with Crippen LogP contribution in [-0.4, -0.2) is 50.3 Å². The number of ether oxygens (including phenoxy) is 3. The third-order valence-corrected chi connectivity index (χ3v) is 4.90. The summed E-state index contributed by atoms with van der Waals surface area (Å²) >= 11 is 0. The summed E-state index contributed by atoms with van der Waals surface area (Å²) in [4.78, 5) is 27.3. The first-order valence-electron chi connectivity index (χ1n) is 9.59. The molecule has 1 N–H and O–H groups in total. The molecule has 0 radical (unpaired) electrons. The maximum absolute atomic E-state index is 12.9. The van der Waals surface area contributed by atoms with Crippen LogP contribution in [0.3, 0.4) is 0 Å². The molecule has 0 aromatic heterocycles. The van der Waals surface area contributed by atoms with E-state index in [1.165, 1.54) is 4.90 Å². The third-order valence-electron chi connectivity index (χ3n) is 4.90. The first kappa shape index (κ1) is 20.0. The number of benzene rings is 1. The number of hydrogen-bond donors (Lipinski definition) is 1. The summed E-state index contributed by atoms with van der Waals surface area (Å²) in [5.74, 6) is 0.737. The van der Waals surface area contributed by atoms with E-state index in [-0.39, 0.29) is 24.6 Å². The summed E-state index contributed by atoms with van der Waals surface area (Å²) in [6, 6.07) is 2.41. The van der Waals surface area contributed by atoms with Crippen LogP contribution in [0.25, 0.3) is 5.57 Å². The van der Waals surface area contributed by atoms with E-state index < -0.39 is 12.0 Å². The Labute approximate surface area is 165 Å². The highest BCUT2D eigenvalue weighted by molar-refractivity contribution is 5.93. The number of amides is 2. The Morgan fingerprint density at radius 1 is 1.32 bits per heavy atom. The summed E-state index contributed by atoms with van der Waals surface area (Å²) in [5, 5.41) is 2.80. The summed E-state index contributed by atoms with van der Waals surface area (Å²) < 4.78 is 17.0. The van der Waals surface area contributed by atoms with Gasteiger partial charge in [0.1, 0.15) is 11.5 Å². The minimum absolute atomic E-state index is 0.220. The Kier molecular flexibility index (Phi) is 5.54. The molecular weight excluding hydrogens is 360 g/mol. The van der Waals surface area contributed by atoms with Crippen LogP contribution < -0.4 is 14.8 Å². The van der Waals surface area contributed by atoms with E-state index in [4.69, 9.17) is 14.2 Å². The number of methoxy groups -OCH3 is 1. The van der Waals surface area contributed by atoms with Crippen LogP contribution in [0.15, 0.2) is 18.2 Å². The van der Waals surface area contributed by atoms with Crippen LogP contribution in [0, 0.1) is 5.41 Å². The van der Waals surface area contributed by atoms with Gasteiger partial charge >= 0.3 is 12.0 Å². The Morgan fingerprint density at radius 3 is 2.71 bits per heavy atom. The van der Waals surface area contributed by atoms with E-state index in [0.29, 0.717) is 30.2 Å². The molecule has 7 nitrogen and oxygen atoms in total. The zero-order chi connectivity index (χ0) is 20.5. The van der Waals surface area contributed by atoms with E-state index >= 15 is 0 Å². The van der Waals surface area contributed by atoms with Crippen molar-refractivity contribution in [3.63, 3.8) is 0 Å². The molecule has 2 amide bonds.